The van der Waals surface area contributed by atoms with Crippen molar-refractivity contribution in [2.45, 2.75) is 32.2 Å². The molecule has 1 unspecified atom stereocenters. The molecule has 0 spiro atoms. The SMILES string of the molecule is CCCC(C)(NC(=O)NCCN)C(=O)O. The van der Waals surface area contributed by atoms with Gasteiger partial charge in [0.1, 0.15) is 5.54 Å². The minimum absolute atomic E-state index is 0.324. The first-order valence-corrected chi connectivity index (χ1v) is 4.95. The number of hydrogen-bond donors (Lipinski definition) is 4. The van der Waals surface area contributed by atoms with Gasteiger partial charge in [-0.3, -0.25) is 0 Å². The summed E-state index contributed by atoms with van der Waals surface area (Å²) in [6.07, 6.45) is 1.07. The van der Waals surface area contributed by atoms with E-state index >= 15 is 0 Å². The molecule has 6 nitrogen and oxygen atoms in total. The molecule has 0 fully saturated rings. The Hall–Kier alpha value is -1.30. The van der Waals surface area contributed by atoms with Gasteiger partial charge in [-0.05, 0) is 13.3 Å². The second-order valence-electron chi connectivity index (χ2n) is 3.56. The Kier molecular flexibility index (Phi) is 5.69. The number of amides is 2. The van der Waals surface area contributed by atoms with Crippen molar-refractivity contribution in [1.29, 1.82) is 0 Å². The van der Waals surface area contributed by atoms with Gasteiger partial charge in [-0.1, -0.05) is 13.3 Å². The molecule has 0 aliphatic carbocycles. The molecule has 0 aliphatic heterocycles. The number of carboxylic acids is 1. The number of rotatable bonds is 6. The molecule has 2 amide bonds. The summed E-state index contributed by atoms with van der Waals surface area (Å²) in [4.78, 5) is 22.2. The molecule has 0 heterocycles. The molecule has 88 valence electrons. The highest BCUT2D eigenvalue weighted by molar-refractivity contribution is 5.85. The normalized spacial score (nSPS) is 14.1. The van der Waals surface area contributed by atoms with E-state index in [4.69, 9.17) is 10.8 Å². The summed E-state index contributed by atoms with van der Waals surface area (Å²) in [5.74, 6) is -1.03. The number of nitrogens with two attached hydrogens (primary N) is 1. The monoisotopic (exact) mass is 217 g/mol. The Morgan fingerprint density at radius 1 is 1.47 bits per heavy atom. The molecule has 0 rings (SSSR count). The number of carboxylic acid groups (broad SMARTS) is 1. The van der Waals surface area contributed by atoms with Crippen molar-refractivity contribution in [1.82, 2.24) is 10.6 Å². The molecule has 0 radical (unpaired) electrons. The van der Waals surface area contributed by atoms with E-state index in [1.165, 1.54) is 6.92 Å². The fourth-order valence-corrected chi connectivity index (χ4v) is 1.20. The van der Waals surface area contributed by atoms with Crippen molar-refractivity contribution in [3.8, 4) is 0 Å². The van der Waals surface area contributed by atoms with E-state index in [1.54, 1.807) is 0 Å². The van der Waals surface area contributed by atoms with Crippen molar-refractivity contribution in [3.63, 3.8) is 0 Å². The largest absolute Gasteiger partial charge is 0.480 e. The summed E-state index contributed by atoms with van der Waals surface area (Å²) < 4.78 is 0. The van der Waals surface area contributed by atoms with Crippen LogP contribution in [0, 0.1) is 0 Å². The minimum atomic E-state index is -1.21. The summed E-state index contributed by atoms with van der Waals surface area (Å²) in [7, 11) is 0. The molecular formula is C9H19N3O3. The van der Waals surface area contributed by atoms with Gasteiger partial charge in [0.15, 0.2) is 0 Å². The maximum atomic E-state index is 11.3. The van der Waals surface area contributed by atoms with Crippen LogP contribution in [0.5, 0.6) is 0 Å². The Balaban J connectivity index is 4.28. The van der Waals surface area contributed by atoms with Gasteiger partial charge in [0.25, 0.3) is 0 Å². The first kappa shape index (κ1) is 13.7. The highest BCUT2D eigenvalue weighted by Gasteiger charge is 2.33. The third-order valence-electron chi connectivity index (χ3n) is 2.04. The highest BCUT2D eigenvalue weighted by Crippen LogP contribution is 2.12. The van der Waals surface area contributed by atoms with Crippen LogP contribution in [0.4, 0.5) is 4.79 Å². The van der Waals surface area contributed by atoms with Crippen LogP contribution in [0.3, 0.4) is 0 Å². The van der Waals surface area contributed by atoms with E-state index in [1.807, 2.05) is 6.92 Å². The van der Waals surface area contributed by atoms with Crippen molar-refractivity contribution in [2.24, 2.45) is 5.73 Å². The van der Waals surface area contributed by atoms with Gasteiger partial charge in [0.05, 0.1) is 0 Å². The van der Waals surface area contributed by atoms with Crippen LogP contribution in [0.25, 0.3) is 0 Å². The molecule has 15 heavy (non-hydrogen) atoms. The van der Waals surface area contributed by atoms with Gasteiger partial charge in [0, 0.05) is 13.1 Å². The molecule has 6 heteroatoms. The van der Waals surface area contributed by atoms with Gasteiger partial charge < -0.3 is 21.5 Å². The van der Waals surface area contributed by atoms with E-state index < -0.39 is 17.5 Å². The predicted molar refractivity (Wildman–Crippen MR) is 56.5 cm³/mol. The zero-order chi connectivity index (χ0) is 11.9. The smallest absolute Gasteiger partial charge is 0.329 e. The Bertz CT molecular complexity index is 233. The van der Waals surface area contributed by atoms with Crippen LogP contribution >= 0.6 is 0 Å². The molecule has 0 aromatic heterocycles. The number of carbonyl (C=O) groups excluding carboxylic acids is 1. The van der Waals surface area contributed by atoms with Gasteiger partial charge in [-0.25, -0.2) is 9.59 Å². The maximum absolute atomic E-state index is 11.3. The molecule has 1 atom stereocenters. The van der Waals surface area contributed by atoms with E-state index in [2.05, 4.69) is 10.6 Å². The lowest BCUT2D eigenvalue weighted by Gasteiger charge is -2.25. The van der Waals surface area contributed by atoms with Crippen LogP contribution in [-0.4, -0.2) is 35.7 Å². The zero-order valence-corrected chi connectivity index (χ0v) is 9.17. The van der Waals surface area contributed by atoms with E-state index in [0.29, 0.717) is 25.9 Å². The number of carbonyl (C=O) groups is 2. The predicted octanol–water partition coefficient (Wildman–Crippen LogP) is -0.112. The van der Waals surface area contributed by atoms with E-state index in [9.17, 15) is 9.59 Å². The number of nitrogens with one attached hydrogen (secondary N) is 2. The van der Waals surface area contributed by atoms with Gasteiger partial charge in [-0.2, -0.15) is 0 Å². The summed E-state index contributed by atoms with van der Waals surface area (Å²) in [6, 6.07) is -0.501. The van der Waals surface area contributed by atoms with Crippen LogP contribution in [0.1, 0.15) is 26.7 Å². The van der Waals surface area contributed by atoms with Crippen LogP contribution < -0.4 is 16.4 Å². The van der Waals surface area contributed by atoms with Crippen LogP contribution in [0.2, 0.25) is 0 Å². The van der Waals surface area contributed by atoms with Crippen LogP contribution in [0.15, 0.2) is 0 Å². The molecule has 0 bridgehead atoms. The highest BCUT2D eigenvalue weighted by atomic mass is 16.4. The third kappa shape index (κ3) is 4.64. The first-order chi connectivity index (χ1) is 6.96. The van der Waals surface area contributed by atoms with E-state index in [-0.39, 0.29) is 0 Å². The Morgan fingerprint density at radius 3 is 2.47 bits per heavy atom. The van der Waals surface area contributed by atoms with E-state index in [0.717, 1.165) is 0 Å². The quantitative estimate of drug-likeness (QED) is 0.498. The van der Waals surface area contributed by atoms with Gasteiger partial charge in [0.2, 0.25) is 0 Å². The number of hydrogen-bond acceptors (Lipinski definition) is 3. The molecule has 0 saturated carbocycles. The average molecular weight is 217 g/mol. The fraction of sp³-hybridized carbons (Fsp3) is 0.778. The standard InChI is InChI=1S/C9H19N3O3/c1-3-4-9(2,7(13)14)12-8(15)11-6-5-10/h3-6,10H2,1-2H3,(H,13,14)(H2,11,12,15). The molecule has 0 aromatic rings. The fourth-order valence-electron chi connectivity index (χ4n) is 1.20. The maximum Gasteiger partial charge on any atom is 0.329 e. The number of aliphatic carboxylic acids is 1. The Morgan fingerprint density at radius 2 is 2.07 bits per heavy atom. The molecule has 5 N–H and O–H groups in total. The molecule has 0 saturated heterocycles. The van der Waals surface area contributed by atoms with Gasteiger partial charge >= 0.3 is 12.0 Å². The summed E-state index contributed by atoms with van der Waals surface area (Å²) in [6.45, 7) is 4.00. The van der Waals surface area contributed by atoms with Gasteiger partial charge in [-0.15, -0.1) is 0 Å². The lowest BCUT2D eigenvalue weighted by Crippen LogP contribution is -2.55. The summed E-state index contributed by atoms with van der Waals surface area (Å²) >= 11 is 0. The topological polar surface area (TPSA) is 104 Å². The van der Waals surface area contributed by atoms with Crippen molar-refractivity contribution in [2.75, 3.05) is 13.1 Å². The third-order valence-corrected chi connectivity index (χ3v) is 2.04. The van der Waals surface area contributed by atoms with Crippen molar-refractivity contribution >= 4 is 12.0 Å². The number of urea groups is 1. The lowest BCUT2D eigenvalue weighted by atomic mass is 9.97. The second kappa shape index (κ2) is 6.23. The summed E-state index contributed by atoms with van der Waals surface area (Å²) in [5.41, 5.74) is 3.99. The molecule has 0 aliphatic rings. The van der Waals surface area contributed by atoms with Crippen molar-refractivity contribution in [3.05, 3.63) is 0 Å². The molecule has 0 aromatic carbocycles. The Labute approximate surface area is 89.2 Å². The lowest BCUT2D eigenvalue weighted by molar-refractivity contribution is -0.144. The minimum Gasteiger partial charge on any atom is -0.480 e. The first-order valence-electron chi connectivity index (χ1n) is 4.95. The van der Waals surface area contributed by atoms with Crippen LogP contribution in [-0.2, 0) is 4.79 Å². The van der Waals surface area contributed by atoms with Crippen molar-refractivity contribution < 1.29 is 14.7 Å². The molecular weight excluding hydrogens is 198 g/mol. The average Bonchev–Trinajstić information content (AvgIpc) is 2.14. The second-order valence-corrected chi connectivity index (χ2v) is 3.56. The zero-order valence-electron chi connectivity index (χ0n) is 9.17. The summed E-state index contributed by atoms with van der Waals surface area (Å²) in [5, 5.41) is 13.9.